The molecular formula is C21H25F6N3O7. The third-order valence-corrected chi connectivity index (χ3v) is 5.67. The monoisotopic (exact) mass is 545 g/mol. The van der Waals surface area contributed by atoms with E-state index in [0.717, 1.165) is 32.7 Å². The highest BCUT2D eigenvalue weighted by Crippen LogP contribution is 2.36. The van der Waals surface area contributed by atoms with Gasteiger partial charge in [0.25, 0.3) is 5.91 Å². The molecule has 0 bridgehead atoms. The number of carboxylic acid groups (broad SMARTS) is 2. The molecular weight excluding hydrogens is 520 g/mol. The van der Waals surface area contributed by atoms with Gasteiger partial charge in [-0.3, -0.25) is 19.5 Å². The molecule has 2 N–H and O–H groups in total. The van der Waals surface area contributed by atoms with Crippen LogP contribution in [0, 0.1) is 17.8 Å². The SMILES string of the molecule is O=C(O)C(F)(F)F.O=C(O)C(F)(F)F.O=C([C@H]1COC[C@H]2CN(Cc3ccncc3)C[C@H]21)N1CCCO1. The van der Waals surface area contributed by atoms with Gasteiger partial charge in [-0.1, -0.05) is 0 Å². The van der Waals surface area contributed by atoms with E-state index >= 15 is 0 Å². The lowest BCUT2D eigenvalue weighted by Gasteiger charge is -2.33. The standard InChI is InChI=1S/C17H23N3O3.2C2HF3O2/c21-17(20-6-1-7-23-20)16-12-22-11-14-9-19(10-15(14)16)8-13-2-4-18-5-3-13;2*3-2(4,5)1(6)7/h2-5,14-16H,1,6-12H2;2*(H,6,7)/t14-,15-,16+;;/m1../s1. The van der Waals surface area contributed by atoms with E-state index in [9.17, 15) is 31.1 Å². The fraction of sp³-hybridized carbons (Fsp3) is 0.619. The molecule has 0 radical (unpaired) electrons. The van der Waals surface area contributed by atoms with Crippen LogP contribution in [0.1, 0.15) is 12.0 Å². The summed E-state index contributed by atoms with van der Waals surface area (Å²) in [6.07, 6.45) is -5.57. The van der Waals surface area contributed by atoms with Crippen molar-refractivity contribution in [2.24, 2.45) is 17.8 Å². The van der Waals surface area contributed by atoms with E-state index in [0.29, 0.717) is 31.6 Å². The molecule has 16 heteroatoms. The number of hydrogen-bond donors (Lipinski definition) is 2. The lowest BCUT2D eigenvalue weighted by molar-refractivity contribution is -0.193. The van der Waals surface area contributed by atoms with Gasteiger partial charge < -0.3 is 14.9 Å². The normalized spacial score (nSPS) is 23.7. The van der Waals surface area contributed by atoms with Crippen molar-refractivity contribution in [3.63, 3.8) is 0 Å². The van der Waals surface area contributed by atoms with Crippen LogP contribution in [-0.4, -0.2) is 94.8 Å². The van der Waals surface area contributed by atoms with Crippen molar-refractivity contribution >= 4 is 17.8 Å². The van der Waals surface area contributed by atoms with Crippen LogP contribution in [0.4, 0.5) is 26.3 Å². The van der Waals surface area contributed by atoms with Crippen molar-refractivity contribution in [1.29, 1.82) is 0 Å². The maximum atomic E-state index is 12.7. The number of pyridine rings is 1. The minimum absolute atomic E-state index is 0.0608. The minimum Gasteiger partial charge on any atom is -0.475 e. The van der Waals surface area contributed by atoms with Gasteiger partial charge in [0.05, 0.1) is 32.3 Å². The smallest absolute Gasteiger partial charge is 0.475 e. The fourth-order valence-corrected chi connectivity index (χ4v) is 4.03. The van der Waals surface area contributed by atoms with Crippen LogP contribution < -0.4 is 0 Å². The Morgan fingerprint density at radius 3 is 2.03 bits per heavy atom. The quantitative estimate of drug-likeness (QED) is 0.550. The molecule has 3 aliphatic rings. The number of aliphatic carboxylic acids is 2. The Bertz CT molecular complexity index is 886. The summed E-state index contributed by atoms with van der Waals surface area (Å²) in [6.45, 7) is 5.54. The van der Waals surface area contributed by atoms with Gasteiger partial charge in [0.1, 0.15) is 0 Å². The van der Waals surface area contributed by atoms with Gasteiger partial charge in [0.2, 0.25) is 0 Å². The number of rotatable bonds is 3. The van der Waals surface area contributed by atoms with Gasteiger partial charge >= 0.3 is 24.3 Å². The molecule has 10 nitrogen and oxygen atoms in total. The lowest BCUT2D eigenvalue weighted by Crippen LogP contribution is -2.45. The zero-order chi connectivity index (χ0) is 27.8. The second kappa shape index (κ2) is 13.0. The Hall–Kier alpha value is -2.98. The second-order valence-electron chi connectivity index (χ2n) is 8.35. The predicted octanol–water partition coefficient (Wildman–Crippen LogP) is 2.21. The van der Waals surface area contributed by atoms with E-state index in [-0.39, 0.29) is 11.8 Å². The van der Waals surface area contributed by atoms with Gasteiger partial charge in [-0.25, -0.2) is 14.7 Å². The molecule has 0 saturated carbocycles. The fourth-order valence-electron chi connectivity index (χ4n) is 4.03. The molecule has 208 valence electrons. The molecule has 0 unspecified atom stereocenters. The van der Waals surface area contributed by atoms with Crippen LogP contribution >= 0.6 is 0 Å². The first-order chi connectivity index (χ1) is 17.2. The number of likely N-dealkylation sites (tertiary alicyclic amines) is 1. The van der Waals surface area contributed by atoms with Crippen LogP contribution in [-0.2, 0) is 30.5 Å². The summed E-state index contributed by atoms with van der Waals surface area (Å²) < 4.78 is 69.2. The van der Waals surface area contributed by atoms with Gasteiger partial charge in [0.15, 0.2) is 0 Å². The van der Waals surface area contributed by atoms with E-state index in [1.54, 1.807) is 5.06 Å². The Morgan fingerprint density at radius 1 is 0.973 bits per heavy atom. The van der Waals surface area contributed by atoms with E-state index in [4.69, 9.17) is 29.4 Å². The molecule has 3 atom stereocenters. The summed E-state index contributed by atoms with van der Waals surface area (Å²) in [7, 11) is 0. The van der Waals surface area contributed by atoms with Crippen LogP contribution in [0.2, 0.25) is 0 Å². The minimum atomic E-state index is -5.08. The van der Waals surface area contributed by atoms with E-state index < -0.39 is 24.3 Å². The first-order valence-corrected chi connectivity index (χ1v) is 10.9. The maximum absolute atomic E-state index is 12.7. The number of hydrogen-bond acceptors (Lipinski definition) is 7. The number of ether oxygens (including phenoxy) is 1. The van der Waals surface area contributed by atoms with E-state index in [1.807, 2.05) is 12.4 Å². The number of carbonyl (C=O) groups excluding carboxylic acids is 1. The topological polar surface area (TPSA) is 129 Å². The summed E-state index contributed by atoms with van der Waals surface area (Å²) in [5.41, 5.74) is 1.27. The number of aromatic nitrogens is 1. The number of halogens is 6. The van der Waals surface area contributed by atoms with Crippen molar-refractivity contribution < 1.29 is 60.5 Å². The van der Waals surface area contributed by atoms with Gasteiger partial charge in [0, 0.05) is 32.0 Å². The zero-order valence-corrected chi connectivity index (χ0v) is 19.2. The van der Waals surface area contributed by atoms with Gasteiger partial charge in [-0.05, 0) is 36.0 Å². The third kappa shape index (κ3) is 9.44. The summed E-state index contributed by atoms with van der Waals surface area (Å²) in [6, 6.07) is 4.11. The summed E-state index contributed by atoms with van der Waals surface area (Å²) >= 11 is 0. The molecule has 1 aromatic heterocycles. The molecule has 3 aliphatic heterocycles. The summed E-state index contributed by atoms with van der Waals surface area (Å²) in [5.74, 6) is -4.64. The molecule has 3 saturated heterocycles. The molecule has 3 fully saturated rings. The molecule has 1 aromatic rings. The molecule has 1 amide bonds. The Kier molecular flexibility index (Phi) is 10.6. The van der Waals surface area contributed by atoms with Crippen molar-refractivity contribution in [1.82, 2.24) is 14.9 Å². The highest BCUT2D eigenvalue weighted by molar-refractivity contribution is 5.78. The number of fused-ring (bicyclic) bond motifs is 1. The van der Waals surface area contributed by atoms with Crippen molar-refractivity contribution in [3.05, 3.63) is 30.1 Å². The van der Waals surface area contributed by atoms with Crippen molar-refractivity contribution in [2.45, 2.75) is 25.3 Å². The number of amides is 1. The lowest BCUT2D eigenvalue weighted by atomic mass is 9.82. The van der Waals surface area contributed by atoms with Crippen molar-refractivity contribution in [2.75, 3.05) is 39.5 Å². The maximum Gasteiger partial charge on any atom is 0.490 e. The third-order valence-electron chi connectivity index (χ3n) is 5.67. The Labute approximate surface area is 206 Å². The highest BCUT2D eigenvalue weighted by atomic mass is 19.4. The summed E-state index contributed by atoms with van der Waals surface area (Å²) in [5, 5.41) is 15.8. The van der Waals surface area contributed by atoms with Gasteiger partial charge in [-0.15, -0.1) is 0 Å². The van der Waals surface area contributed by atoms with Gasteiger partial charge in [-0.2, -0.15) is 26.3 Å². The average Bonchev–Trinajstić information content (AvgIpc) is 3.48. The number of carbonyl (C=O) groups is 3. The van der Waals surface area contributed by atoms with Crippen LogP contribution in [0.25, 0.3) is 0 Å². The van der Waals surface area contributed by atoms with Crippen molar-refractivity contribution in [3.8, 4) is 0 Å². The van der Waals surface area contributed by atoms with E-state index in [2.05, 4.69) is 22.0 Å². The highest BCUT2D eigenvalue weighted by Gasteiger charge is 2.45. The number of alkyl halides is 6. The zero-order valence-electron chi connectivity index (χ0n) is 19.2. The molecule has 4 rings (SSSR count). The summed E-state index contributed by atoms with van der Waals surface area (Å²) in [4.78, 5) is 42.4. The Balaban J connectivity index is 0.000000286. The van der Waals surface area contributed by atoms with Crippen LogP contribution in [0.15, 0.2) is 24.5 Å². The average molecular weight is 545 g/mol. The molecule has 0 aromatic carbocycles. The second-order valence-corrected chi connectivity index (χ2v) is 8.35. The van der Waals surface area contributed by atoms with Crippen LogP contribution in [0.5, 0.6) is 0 Å². The number of hydroxylamine groups is 2. The molecule has 0 aliphatic carbocycles. The molecule has 4 heterocycles. The first-order valence-electron chi connectivity index (χ1n) is 10.9. The first kappa shape index (κ1) is 30.2. The largest absolute Gasteiger partial charge is 0.490 e. The van der Waals surface area contributed by atoms with E-state index in [1.165, 1.54) is 5.56 Å². The molecule has 37 heavy (non-hydrogen) atoms. The van der Waals surface area contributed by atoms with Crippen LogP contribution in [0.3, 0.4) is 0 Å². The Morgan fingerprint density at radius 2 is 1.54 bits per heavy atom. The predicted molar refractivity (Wildman–Crippen MR) is 110 cm³/mol. The number of nitrogens with zero attached hydrogens (tertiary/aromatic N) is 3. The number of carboxylic acids is 2. The molecule has 0 spiro atoms.